The number of aromatic nitrogens is 2. The maximum Gasteiger partial charge on any atom is 0.256 e. The summed E-state index contributed by atoms with van der Waals surface area (Å²) in [6, 6.07) is 17.2. The van der Waals surface area contributed by atoms with Gasteiger partial charge in [0.25, 0.3) is 5.91 Å². The summed E-state index contributed by atoms with van der Waals surface area (Å²) >= 11 is 0. The van der Waals surface area contributed by atoms with Gasteiger partial charge in [-0.05, 0) is 74.3 Å². The predicted molar refractivity (Wildman–Crippen MR) is 147 cm³/mol. The Kier molecular flexibility index (Phi) is 7.28. The highest BCUT2D eigenvalue weighted by molar-refractivity contribution is 6.03. The summed E-state index contributed by atoms with van der Waals surface area (Å²) in [6.07, 6.45) is 5.87. The molecule has 2 aromatic heterocycles. The number of rotatable bonds is 8. The highest BCUT2D eigenvalue weighted by Gasteiger charge is 2.20. The van der Waals surface area contributed by atoms with E-state index in [0.717, 1.165) is 43.4 Å². The van der Waals surface area contributed by atoms with Gasteiger partial charge in [0.15, 0.2) is 11.5 Å². The minimum absolute atomic E-state index is 0.204. The molecule has 1 aliphatic rings. The number of hydrogen-bond donors (Lipinski definition) is 2. The molecule has 3 heterocycles. The van der Waals surface area contributed by atoms with E-state index in [1.54, 1.807) is 25.4 Å². The Morgan fingerprint density at radius 2 is 1.84 bits per heavy atom. The maximum atomic E-state index is 12.9. The number of anilines is 1. The maximum absolute atomic E-state index is 12.9. The van der Waals surface area contributed by atoms with Gasteiger partial charge < -0.3 is 25.1 Å². The monoisotopic (exact) mass is 499 g/mol. The Labute approximate surface area is 217 Å². The normalized spacial score (nSPS) is 14.5. The molecule has 37 heavy (non-hydrogen) atoms. The van der Waals surface area contributed by atoms with Crippen molar-refractivity contribution < 1.29 is 14.3 Å². The van der Waals surface area contributed by atoms with Crippen LogP contribution in [0.25, 0.3) is 10.9 Å². The van der Waals surface area contributed by atoms with Gasteiger partial charge in [0.2, 0.25) is 0 Å². The van der Waals surface area contributed by atoms with Crippen LogP contribution in [0.2, 0.25) is 0 Å². The fourth-order valence-corrected chi connectivity index (χ4v) is 4.92. The molecule has 1 amide bonds. The second-order valence-electron chi connectivity index (χ2n) is 9.23. The van der Waals surface area contributed by atoms with Crippen molar-refractivity contribution in [1.82, 2.24) is 14.6 Å². The van der Waals surface area contributed by atoms with Gasteiger partial charge in [-0.3, -0.25) is 9.47 Å². The van der Waals surface area contributed by atoms with Crippen LogP contribution in [0.3, 0.4) is 0 Å². The number of nitrogens with zero attached hydrogens (tertiary/aromatic N) is 3. The van der Waals surface area contributed by atoms with Crippen LogP contribution in [0.5, 0.6) is 17.2 Å². The Morgan fingerprint density at radius 1 is 1.05 bits per heavy atom. The van der Waals surface area contributed by atoms with Crippen LogP contribution in [-0.4, -0.2) is 54.3 Å². The molecule has 2 N–H and O–H groups in total. The summed E-state index contributed by atoms with van der Waals surface area (Å²) in [7, 11) is 3.46. The third kappa shape index (κ3) is 5.39. The molecule has 1 fully saturated rings. The number of benzene rings is 2. The second kappa shape index (κ2) is 10.9. The van der Waals surface area contributed by atoms with E-state index in [1.807, 2.05) is 48.3 Å². The van der Waals surface area contributed by atoms with Crippen molar-refractivity contribution in [2.45, 2.75) is 25.7 Å². The molecule has 2 aromatic carbocycles. The highest BCUT2D eigenvalue weighted by Crippen LogP contribution is 2.36. The number of pyridine rings is 1. The SMILES string of the molecule is CCN1CCC(c2ccc(C(=O)Nc3cc(Oc4cc5ccn(NC)c5cc4OC)ccn3)cc2)CC1. The van der Waals surface area contributed by atoms with E-state index < -0.39 is 0 Å². The molecule has 1 saturated heterocycles. The number of fused-ring (bicyclic) bond motifs is 1. The lowest BCUT2D eigenvalue weighted by molar-refractivity contribution is 0.102. The number of nitrogens with one attached hydrogen (secondary N) is 2. The van der Waals surface area contributed by atoms with Crippen molar-refractivity contribution in [3.05, 3.63) is 78.1 Å². The first kappa shape index (κ1) is 24.6. The molecular weight excluding hydrogens is 466 g/mol. The molecule has 192 valence electrons. The fraction of sp³-hybridized carbons (Fsp3) is 0.310. The van der Waals surface area contributed by atoms with E-state index in [4.69, 9.17) is 9.47 Å². The lowest BCUT2D eigenvalue weighted by Crippen LogP contribution is -2.32. The summed E-state index contributed by atoms with van der Waals surface area (Å²) < 4.78 is 13.6. The highest BCUT2D eigenvalue weighted by atomic mass is 16.5. The summed E-state index contributed by atoms with van der Waals surface area (Å²) in [5, 5.41) is 3.89. The number of methoxy groups -OCH3 is 1. The van der Waals surface area contributed by atoms with Crippen LogP contribution in [0, 0.1) is 0 Å². The number of carbonyl (C=O) groups excluding carboxylic acids is 1. The summed E-state index contributed by atoms with van der Waals surface area (Å²) in [5.74, 6) is 2.50. The molecule has 8 nitrogen and oxygen atoms in total. The van der Waals surface area contributed by atoms with Crippen molar-refractivity contribution in [2.24, 2.45) is 0 Å². The standard InChI is InChI=1S/C29H33N5O3/c1-4-33-14-10-21(11-15-33)20-5-7-22(8-6-20)29(35)32-28-18-24(9-13-31-28)37-27-17-23-12-16-34(30-2)25(23)19-26(27)36-3/h5-9,12-13,16-19,21,30H,4,10-11,14-15H2,1-3H3,(H,31,32,35). The summed E-state index contributed by atoms with van der Waals surface area (Å²) in [4.78, 5) is 19.7. The average Bonchev–Trinajstić information content (AvgIpc) is 3.34. The van der Waals surface area contributed by atoms with Gasteiger partial charge in [0.05, 0.1) is 12.6 Å². The van der Waals surface area contributed by atoms with Gasteiger partial charge in [-0.25, -0.2) is 4.98 Å². The first-order valence-electron chi connectivity index (χ1n) is 12.7. The Bertz CT molecular complexity index is 1370. The molecule has 4 aromatic rings. The molecule has 0 radical (unpaired) electrons. The second-order valence-corrected chi connectivity index (χ2v) is 9.23. The minimum Gasteiger partial charge on any atom is -0.493 e. The lowest BCUT2D eigenvalue weighted by Gasteiger charge is -2.31. The van der Waals surface area contributed by atoms with E-state index >= 15 is 0 Å². The van der Waals surface area contributed by atoms with E-state index in [2.05, 4.69) is 39.7 Å². The molecule has 0 aliphatic carbocycles. The summed E-state index contributed by atoms with van der Waals surface area (Å²) in [6.45, 7) is 5.59. The van der Waals surface area contributed by atoms with Crippen molar-refractivity contribution >= 4 is 22.6 Å². The van der Waals surface area contributed by atoms with Gasteiger partial charge >= 0.3 is 0 Å². The molecule has 5 rings (SSSR count). The number of likely N-dealkylation sites (tertiary alicyclic amines) is 1. The molecule has 0 unspecified atom stereocenters. The van der Waals surface area contributed by atoms with Crippen LogP contribution in [0.15, 0.2) is 67.0 Å². The van der Waals surface area contributed by atoms with Crippen molar-refractivity contribution in [3.8, 4) is 17.2 Å². The Hall–Kier alpha value is -4.04. The van der Waals surface area contributed by atoms with Crippen molar-refractivity contribution in [1.29, 1.82) is 0 Å². The Balaban J connectivity index is 1.26. The first-order valence-corrected chi connectivity index (χ1v) is 12.7. The zero-order valence-electron chi connectivity index (χ0n) is 21.5. The molecule has 0 atom stereocenters. The first-order chi connectivity index (χ1) is 18.1. The van der Waals surface area contributed by atoms with Gasteiger partial charge in [0, 0.05) is 42.5 Å². The minimum atomic E-state index is -0.204. The topological polar surface area (TPSA) is 80.7 Å². The van der Waals surface area contributed by atoms with Crippen LogP contribution < -0.4 is 20.2 Å². The third-order valence-corrected chi connectivity index (χ3v) is 7.10. The quantitative estimate of drug-likeness (QED) is 0.335. The van der Waals surface area contributed by atoms with Gasteiger partial charge in [0.1, 0.15) is 11.6 Å². The van der Waals surface area contributed by atoms with Crippen LogP contribution in [0.1, 0.15) is 41.6 Å². The average molecular weight is 500 g/mol. The lowest BCUT2D eigenvalue weighted by atomic mass is 9.89. The summed E-state index contributed by atoms with van der Waals surface area (Å²) in [5.41, 5.74) is 5.99. The largest absolute Gasteiger partial charge is 0.493 e. The zero-order chi connectivity index (χ0) is 25.8. The van der Waals surface area contributed by atoms with Crippen LogP contribution in [-0.2, 0) is 0 Å². The third-order valence-electron chi connectivity index (χ3n) is 7.10. The van der Waals surface area contributed by atoms with Gasteiger partial charge in [-0.2, -0.15) is 0 Å². The number of hydrogen-bond acceptors (Lipinski definition) is 6. The predicted octanol–water partition coefficient (Wildman–Crippen LogP) is 5.46. The molecular formula is C29H33N5O3. The van der Waals surface area contributed by atoms with Crippen molar-refractivity contribution in [2.75, 3.05) is 44.5 Å². The number of piperidine rings is 1. The smallest absolute Gasteiger partial charge is 0.256 e. The van der Waals surface area contributed by atoms with Crippen molar-refractivity contribution in [3.63, 3.8) is 0 Å². The zero-order valence-corrected chi connectivity index (χ0v) is 21.5. The number of ether oxygens (including phenoxy) is 2. The molecule has 0 saturated carbocycles. The molecule has 0 spiro atoms. The molecule has 1 aliphatic heterocycles. The van der Waals surface area contributed by atoms with E-state index in [1.165, 1.54) is 5.56 Å². The number of carbonyl (C=O) groups is 1. The van der Waals surface area contributed by atoms with Gasteiger partial charge in [-0.15, -0.1) is 0 Å². The number of amides is 1. The van der Waals surface area contributed by atoms with E-state index in [-0.39, 0.29) is 5.91 Å². The fourth-order valence-electron chi connectivity index (χ4n) is 4.92. The van der Waals surface area contributed by atoms with Crippen LogP contribution >= 0.6 is 0 Å². The molecule has 0 bridgehead atoms. The van der Waals surface area contributed by atoms with E-state index in [0.29, 0.717) is 34.5 Å². The van der Waals surface area contributed by atoms with E-state index in [9.17, 15) is 4.79 Å². The molecule has 8 heteroatoms. The Morgan fingerprint density at radius 3 is 2.54 bits per heavy atom. The van der Waals surface area contributed by atoms with Gasteiger partial charge in [-0.1, -0.05) is 19.1 Å². The van der Waals surface area contributed by atoms with Crippen LogP contribution in [0.4, 0.5) is 5.82 Å².